The lowest BCUT2D eigenvalue weighted by Gasteiger charge is -2.37. The lowest BCUT2D eigenvalue weighted by Crippen LogP contribution is -2.35. The first-order chi connectivity index (χ1) is 5.87. The van der Waals surface area contributed by atoms with Crippen LogP contribution in [0.1, 0.15) is 47.8 Å². The van der Waals surface area contributed by atoms with Gasteiger partial charge in [-0.2, -0.15) is 0 Å². The standard InChI is InChI=1S/C11H22O/c1-9-5-7-10(8-6-9)11(2,3)12-4/h9-10H,5-8H2,1-4H3/i9D. The fourth-order valence-electron chi connectivity index (χ4n) is 1.97. The molecule has 0 saturated heterocycles. The molecule has 1 fully saturated rings. The molecule has 0 N–H and O–H groups in total. The number of hydrogen-bond acceptors (Lipinski definition) is 1. The smallest absolute Gasteiger partial charge is 0.0650 e. The molecular weight excluding hydrogens is 148 g/mol. The molecule has 1 aliphatic rings. The van der Waals surface area contributed by atoms with Crippen molar-refractivity contribution in [1.29, 1.82) is 0 Å². The Morgan fingerprint density at radius 2 is 1.75 bits per heavy atom. The van der Waals surface area contributed by atoms with Gasteiger partial charge in [-0.1, -0.05) is 19.8 Å². The molecule has 0 radical (unpaired) electrons. The van der Waals surface area contributed by atoms with E-state index < -0.39 is 0 Å². The third-order valence-corrected chi connectivity index (χ3v) is 3.35. The summed E-state index contributed by atoms with van der Waals surface area (Å²) in [7, 11) is 1.79. The summed E-state index contributed by atoms with van der Waals surface area (Å²) >= 11 is 0. The Morgan fingerprint density at radius 1 is 1.25 bits per heavy atom. The van der Waals surface area contributed by atoms with E-state index in [1.165, 1.54) is 0 Å². The summed E-state index contributed by atoms with van der Waals surface area (Å²) in [6.07, 6.45) is 4.32. The van der Waals surface area contributed by atoms with Gasteiger partial charge in [-0.3, -0.25) is 0 Å². The zero-order valence-corrected chi connectivity index (χ0v) is 8.81. The van der Waals surface area contributed by atoms with Crippen LogP contribution >= 0.6 is 0 Å². The second kappa shape index (κ2) is 3.78. The number of ether oxygens (including phenoxy) is 1. The van der Waals surface area contributed by atoms with Gasteiger partial charge in [-0.05, 0) is 38.5 Å². The van der Waals surface area contributed by atoms with Crippen LogP contribution in [0.15, 0.2) is 0 Å². The van der Waals surface area contributed by atoms with Crippen LogP contribution in [0.4, 0.5) is 0 Å². The van der Waals surface area contributed by atoms with Crippen molar-refractivity contribution in [2.45, 2.75) is 52.1 Å². The Bertz CT molecular complexity index is 165. The molecule has 1 heteroatoms. The third-order valence-electron chi connectivity index (χ3n) is 3.35. The van der Waals surface area contributed by atoms with E-state index in [9.17, 15) is 0 Å². The summed E-state index contributed by atoms with van der Waals surface area (Å²) in [5.41, 5.74) is -0.00347. The van der Waals surface area contributed by atoms with Gasteiger partial charge >= 0.3 is 0 Å². The van der Waals surface area contributed by atoms with Crippen LogP contribution in [0.5, 0.6) is 0 Å². The number of rotatable bonds is 2. The van der Waals surface area contributed by atoms with Crippen LogP contribution in [0, 0.1) is 11.8 Å². The van der Waals surface area contributed by atoms with Crippen LogP contribution in [-0.2, 0) is 4.74 Å². The second-order valence-electron chi connectivity index (χ2n) is 4.54. The fourth-order valence-corrected chi connectivity index (χ4v) is 1.97. The maximum absolute atomic E-state index is 7.94. The molecule has 0 bridgehead atoms. The van der Waals surface area contributed by atoms with E-state index >= 15 is 0 Å². The Kier molecular flexibility index (Phi) is 2.69. The highest BCUT2D eigenvalue weighted by Gasteiger charge is 2.31. The predicted octanol–water partition coefficient (Wildman–Crippen LogP) is 3.24. The van der Waals surface area contributed by atoms with Crippen molar-refractivity contribution in [3.63, 3.8) is 0 Å². The first kappa shape index (κ1) is 8.55. The molecule has 1 nitrogen and oxygen atoms in total. The van der Waals surface area contributed by atoms with Crippen LogP contribution in [-0.4, -0.2) is 12.7 Å². The highest BCUT2D eigenvalue weighted by Crippen LogP contribution is 2.36. The van der Waals surface area contributed by atoms with Crippen LogP contribution in [0.25, 0.3) is 0 Å². The molecule has 72 valence electrons. The van der Waals surface area contributed by atoms with E-state index in [2.05, 4.69) is 13.8 Å². The minimum atomic E-state index is -0.180. The average Bonchev–Trinajstić information content (AvgIpc) is 2.04. The topological polar surface area (TPSA) is 9.23 Å². The van der Waals surface area contributed by atoms with E-state index in [1.807, 2.05) is 6.92 Å². The van der Waals surface area contributed by atoms with E-state index in [0.29, 0.717) is 5.92 Å². The summed E-state index contributed by atoms with van der Waals surface area (Å²) in [4.78, 5) is 0. The van der Waals surface area contributed by atoms with Crippen molar-refractivity contribution in [2.24, 2.45) is 11.8 Å². The first-order valence-electron chi connectivity index (χ1n) is 5.42. The number of hydrogen-bond donors (Lipinski definition) is 0. The normalized spacial score (nSPS) is 39.3. The molecule has 0 heterocycles. The molecular formula is C11H22O. The summed E-state index contributed by atoms with van der Waals surface area (Å²) < 4.78 is 13.4. The van der Waals surface area contributed by atoms with Crippen molar-refractivity contribution >= 4 is 0 Å². The Hall–Kier alpha value is -0.0400. The molecule has 1 rings (SSSR count). The van der Waals surface area contributed by atoms with Gasteiger partial charge in [0.15, 0.2) is 0 Å². The lowest BCUT2D eigenvalue weighted by atomic mass is 9.75. The van der Waals surface area contributed by atoms with Gasteiger partial charge in [0.1, 0.15) is 0 Å². The Labute approximate surface area is 77.9 Å². The lowest BCUT2D eigenvalue weighted by molar-refractivity contribution is -0.0437. The maximum Gasteiger partial charge on any atom is 0.0650 e. The van der Waals surface area contributed by atoms with Gasteiger partial charge in [0.25, 0.3) is 0 Å². The summed E-state index contributed by atoms with van der Waals surface area (Å²) in [5.74, 6) is 0.455. The molecule has 0 atom stereocenters. The monoisotopic (exact) mass is 171 g/mol. The minimum Gasteiger partial charge on any atom is -0.379 e. The Balaban J connectivity index is 2.50. The van der Waals surface area contributed by atoms with Crippen molar-refractivity contribution in [3.8, 4) is 0 Å². The van der Waals surface area contributed by atoms with Gasteiger partial charge in [0.2, 0.25) is 0 Å². The predicted molar refractivity (Wildman–Crippen MR) is 52.2 cm³/mol. The molecule has 12 heavy (non-hydrogen) atoms. The van der Waals surface area contributed by atoms with Crippen LogP contribution in [0.2, 0.25) is 0 Å². The summed E-state index contributed by atoms with van der Waals surface area (Å²) in [5, 5.41) is 0. The van der Waals surface area contributed by atoms with E-state index in [1.54, 1.807) is 7.11 Å². The molecule has 1 saturated carbocycles. The third kappa shape index (κ3) is 2.22. The molecule has 0 unspecified atom stereocenters. The molecule has 0 aromatic carbocycles. The Morgan fingerprint density at radius 3 is 2.17 bits per heavy atom. The van der Waals surface area contributed by atoms with Crippen LogP contribution in [0.3, 0.4) is 0 Å². The number of methoxy groups -OCH3 is 1. The maximum atomic E-state index is 7.94. The van der Waals surface area contributed by atoms with Gasteiger partial charge in [-0.15, -0.1) is 0 Å². The van der Waals surface area contributed by atoms with E-state index in [0.717, 1.165) is 25.7 Å². The van der Waals surface area contributed by atoms with Crippen molar-refractivity contribution in [2.75, 3.05) is 7.11 Å². The highest BCUT2D eigenvalue weighted by molar-refractivity contribution is 4.83. The van der Waals surface area contributed by atoms with Gasteiger partial charge in [-0.25, -0.2) is 0 Å². The molecule has 0 aromatic heterocycles. The zero-order chi connectivity index (χ0) is 10.1. The van der Waals surface area contributed by atoms with E-state index in [-0.39, 0.29) is 11.5 Å². The van der Waals surface area contributed by atoms with E-state index in [4.69, 9.17) is 6.11 Å². The van der Waals surface area contributed by atoms with Crippen molar-refractivity contribution in [3.05, 3.63) is 0 Å². The first-order valence-corrected chi connectivity index (χ1v) is 4.92. The largest absolute Gasteiger partial charge is 0.379 e. The SMILES string of the molecule is [2H]C1(C)CCC(C(C)(C)OC)CC1. The highest BCUT2D eigenvalue weighted by atomic mass is 16.5. The molecule has 0 amide bonds. The minimum absolute atomic E-state index is 0.00347. The zero-order valence-electron chi connectivity index (χ0n) is 9.81. The van der Waals surface area contributed by atoms with Crippen LogP contribution < -0.4 is 0 Å². The van der Waals surface area contributed by atoms with Gasteiger partial charge in [0.05, 0.1) is 5.60 Å². The molecule has 0 spiro atoms. The van der Waals surface area contributed by atoms with Crippen molar-refractivity contribution < 1.29 is 6.11 Å². The van der Waals surface area contributed by atoms with Gasteiger partial charge in [0, 0.05) is 8.48 Å². The average molecular weight is 171 g/mol. The van der Waals surface area contributed by atoms with Crippen molar-refractivity contribution in [1.82, 2.24) is 0 Å². The summed E-state index contributed by atoms with van der Waals surface area (Å²) in [6, 6.07) is 0. The molecule has 1 aliphatic carbocycles. The second-order valence-corrected chi connectivity index (χ2v) is 4.54. The molecule has 0 aliphatic heterocycles. The summed E-state index contributed by atoms with van der Waals surface area (Å²) in [6.45, 7) is 6.36. The fraction of sp³-hybridized carbons (Fsp3) is 1.00. The quantitative estimate of drug-likeness (QED) is 0.619. The molecule has 0 aromatic rings. The van der Waals surface area contributed by atoms with Gasteiger partial charge < -0.3 is 4.74 Å².